The molecule has 1 fully saturated rings. The lowest BCUT2D eigenvalue weighted by Crippen LogP contribution is -2.15. The summed E-state index contributed by atoms with van der Waals surface area (Å²) in [5, 5.41) is 20.9. The van der Waals surface area contributed by atoms with E-state index in [0.29, 0.717) is 6.04 Å². The first-order valence-electron chi connectivity index (χ1n) is 8.59. The van der Waals surface area contributed by atoms with E-state index >= 15 is 0 Å². The Labute approximate surface area is 149 Å². The van der Waals surface area contributed by atoms with Crippen LogP contribution in [0.25, 0.3) is 16.7 Å². The maximum Gasteiger partial charge on any atom is 0.173 e. The van der Waals surface area contributed by atoms with Crippen molar-refractivity contribution in [3.8, 4) is 5.69 Å². The van der Waals surface area contributed by atoms with Crippen LogP contribution in [-0.4, -0.2) is 40.0 Å². The highest BCUT2D eigenvalue weighted by molar-refractivity contribution is 5.87. The van der Waals surface area contributed by atoms with Crippen molar-refractivity contribution < 1.29 is 0 Å². The lowest BCUT2D eigenvalue weighted by atomic mass is 10.3. The summed E-state index contributed by atoms with van der Waals surface area (Å²) in [4.78, 5) is 8.81. The van der Waals surface area contributed by atoms with Crippen molar-refractivity contribution in [2.45, 2.75) is 31.8 Å². The molecule has 1 atom stereocenters. The van der Waals surface area contributed by atoms with E-state index in [9.17, 15) is 0 Å². The zero-order chi connectivity index (χ0) is 17.5. The van der Waals surface area contributed by atoms with Gasteiger partial charge in [-0.25, -0.2) is 19.3 Å². The van der Waals surface area contributed by atoms with Gasteiger partial charge in [0, 0.05) is 0 Å². The molecule has 4 aromatic rings. The van der Waals surface area contributed by atoms with E-state index in [1.54, 1.807) is 17.2 Å². The molecule has 1 aromatic carbocycles. The topological polar surface area (TPSA) is 99.2 Å². The number of tetrazole rings is 1. The van der Waals surface area contributed by atoms with Crippen molar-refractivity contribution >= 4 is 16.9 Å². The lowest BCUT2D eigenvalue weighted by molar-refractivity contribution is 0.566. The molecule has 0 aliphatic heterocycles. The third kappa shape index (κ3) is 2.48. The van der Waals surface area contributed by atoms with Crippen molar-refractivity contribution in [2.24, 2.45) is 0 Å². The molecule has 0 bridgehead atoms. The maximum atomic E-state index is 4.48. The predicted molar refractivity (Wildman–Crippen MR) is 94.8 cm³/mol. The Kier molecular flexibility index (Phi) is 3.37. The van der Waals surface area contributed by atoms with Crippen molar-refractivity contribution in [2.75, 3.05) is 5.32 Å². The van der Waals surface area contributed by atoms with Gasteiger partial charge in [-0.2, -0.15) is 5.10 Å². The summed E-state index contributed by atoms with van der Waals surface area (Å²) in [6.07, 6.45) is 5.59. The first-order valence-corrected chi connectivity index (χ1v) is 8.59. The van der Waals surface area contributed by atoms with Crippen molar-refractivity contribution in [3.63, 3.8) is 0 Å². The summed E-state index contributed by atoms with van der Waals surface area (Å²) in [6, 6.07) is 10.3. The van der Waals surface area contributed by atoms with Gasteiger partial charge < -0.3 is 5.32 Å². The van der Waals surface area contributed by atoms with Crippen LogP contribution in [-0.2, 0) is 0 Å². The molecule has 9 nitrogen and oxygen atoms in total. The van der Waals surface area contributed by atoms with E-state index in [1.807, 2.05) is 41.9 Å². The highest BCUT2D eigenvalue weighted by atomic mass is 15.6. The molecule has 0 saturated heterocycles. The number of hydrogen-bond donors (Lipinski definition) is 1. The molecule has 1 aliphatic rings. The number of hydrogen-bond acceptors (Lipinski definition) is 7. The largest absolute Gasteiger partial charge is 0.360 e. The minimum atomic E-state index is -0.0798. The molecule has 3 heterocycles. The highest BCUT2D eigenvalue weighted by Crippen LogP contribution is 2.36. The van der Waals surface area contributed by atoms with Gasteiger partial charge in [-0.15, -0.1) is 5.10 Å². The van der Waals surface area contributed by atoms with Crippen LogP contribution >= 0.6 is 0 Å². The number of fused-ring (bicyclic) bond motifs is 1. The van der Waals surface area contributed by atoms with Crippen LogP contribution in [0.15, 0.2) is 42.9 Å². The number of nitrogens with zero attached hydrogens (tertiary/aromatic N) is 8. The number of para-hydroxylation sites is 1. The number of benzene rings is 1. The number of anilines is 1. The quantitative estimate of drug-likeness (QED) is 0.591. The molecule has 0 amide bonds. The van der Waals surface area contributed by atoms with Crippen LogP contribution in [0.1, 0.15) is 37.7 Å². The first-order chi connectivity index (χ1) is 12.8. The van der Waals surface area contributed by atoms with Crippen molar-refractivity contribution in [3.05, 3.63) is 48.7 Å². The molecule has 1 unspecified atom stereocenters. The van der Waals surface area contributed by atoms with Gasteiger partial charge in [0.05, 0.1) is 29.4 Å². The van der Waals surface area contributed by atoms with Gasteiger partial charge in [0.2, 0.25) is 0 Å². The van der Waals surface area contributed by atoms with Gasteiger partial charge >= 0.3 is 0 Å². The lowest BCUT2D eigenvalue weighted by Gasteiger charge is -2.14. The molecule has 5 rings (SSSR count). The standard InChI is InChI=1S/C17H17N9/c1-11(16-22-23-24-26(16)13-7-8-13)21-15-14-9-20-25(17(14)19-10-18-15)12-5-3-2-4-6-12/h2-6,9-11,13H,7-8H2,1H3,(H,18,19,21). The number of rotatable bonds is 5. The second kappa shape index (κ2) is 5.87. The monoisotopic (exact) mass is 347 g/mol. The van der Waals surface area contributed by atoms with Crippen LogP contribution in [0.4, 0.5) is 5.82 Å². The average molecular weight is 347 g/mol. The van der Waals surface area contributed by atoms with Crippen molar-refractivity contribution in [1.29, 1.82) is 0 Å². The minimum absolute atomic E-state index is 0.0798. The summed E-state index contributed by atoms with van der Waals surface area (Å²) >= 11 is 0. The number of aromatic nitrogens is 8. The van der Waals surface area contributed by atoms with Crippen LogP contribution in [0, 0.1) is 0 Å². The molecular formula is C17H17N9. The predicted octanol–water partition coefficient (Wildman–Crippen LogP) is 2.31. The second-order valence-corrected chi connectivity index (χ2v) is 6.43. The van der Waals surface area contributed by atoms with Gasteiger partial charge in [-0.05, 0) is 42.3 Å². The second-order valence-electron chi connectivity index (χ2n) is 6.43. The molecule has 130 valence electrons. The molecule has 0 radical (unpaired) electrons. The molecule has 1 aliphatic carbocycles. The Hall–Kier alpha value is -3.36. The molecule has 1 saturated carbocycles. The Morgan fingerprint density at radius 3 is 2.81 bits per heavy atom. The Morgan fingerprint density at radius 1 is 1.15 bits per heavy atom. The SMILES string of the molecule is CC(Nc1ncnc2c1cnn2-c1ccccc1)c1nnnn1C1CC1. The Bertz CT molecular complexity index is 1050. The normalized spacial score (nSPS) is 15.3. The molecule has 0 spiro atoms. The molecule has 26 heavy (non-hydrogen) atoms. The van der Waals surface area contributed by atoms with Crippen molar-refractivity contribution in [1.82, 2.24) is 40.0 Å². The first kappa shape index (κ1) is 14.9. The van der Waals surface area contributed by atoms with E-state index in [-0.39, 0.29) is 6.04 Å². The summed E-state index contributed by atoms with van der Waals surface area (Å²) in [7, 11) is 0. The summed E-state index contributed by atoms with van der Waals surface area (Å²) in [5.74, 6) is 1.53. The van der Waals surface area contributed by atoms with E-state index < -0.39 is 0 Å². The Balaban J connectivity index is 1.49. The summed E-state index contributed by atoms with van der Waals surface area (Å²) in [6.45, 7) is 2.03. The van der Waals surface area contributed by atoms with Crippen LogP contribution in [0.5, 0.6) is 0 Å². The van der Waals surface area contributed by atoms with E-state index in [4.69, 9.17) is 0 Å². The van der Waals surface area contributed by atoms with Crippen LogP contribution < -0.4 is 5.32 Å². The third-order valence-corrected chi connectivity index (χ3v) is 4.52. The molecule has 9 heteroatoms. The zero-order valence-electron chi connectivity index (χ0n) is 14.2. The maximum absolute atomic E-state index is 4.48. The summed E-state index contributed by atoms with van der Waals surface area (Å²) < 4.78 is 3.71. The molecular weight excluding hydrogens is 330 g/mol. The van der Waals surface area contributed by atoms with Gasteiger partial charge in [-0.3, -0.25) is 0 Å². The highest BCUT2D eigenvalue weighted by Gasteiger charge is 2.29. The zero-order valence-corrected chi connectivity index (χ0v) is 14.2. The van der Waals surface area contributed by atoms with E-state index in [0.717, 1.165) is 41.2 Å². The number of nitrogens with one attached hydrogen (secondary N) is 1. The van der Waals surface area contributed by atoms with Crippen LogP contribution in [0.2, 0.25) is 0 Å². The fraction of sp³-hybridized carbons (Fsp3) is 0.294. The van der Waals surface area contributed by atoms with Gasteiger partial charge in [0.15, 0.2) is 11.5 Å². The van der Waals surface area contributed by atoms with E-state index in [1.165, 1.54) is 0 Å². The minimum Gasteiger partial charge on any atom is -0.360 e. The average Bonchev–Trinajstić information content (AvgIpc) is 3.23. The molecule has 1 N–H and O–H groups in total. The fourth-order valence-electron chi connectivity index (χ4n) is 3.05. The van der Waals surface area contributed by atoms with Crippen LogP contribution in [0.3, 0.4) is 0 Å². The smallest absolute Gasteiger partial charge is 0.173 e. The summed E-state index contributed by atoms with van der Waals surface area (Å²) in [5.41, 5.74) is 1.71. The van der Waals surface area contributed by atoms with E-state index in [2.05, 4.69) is 35.9 Å². The van der Waals surface area contributed by atoms with Gasteiger partial charge in [-0.1, -0.05) is 18.2 Å². The fourth-order valence-corrected chi connectivity index (χ4v) is 3.05. The van der Waals surface area contributed by atoms with Gasteiger partial charge in [0.1, 0.15) is 12.1 Å². The third-order valence-electron chi connectivity index (χ3n) is 4.52. The van der Waals surface area contributed by atoms with Gasteiger partial charge in [0.25, 0.3) is 0 Å². The Morgan fingerprint density at radius 2 is 2.00 bits per heavy atom. The molecule has 3 aromatic heterocycles.